The summed E-state index contributed by atoms with van der Waals surface area (Å²) in [7, 11) is 1.86. The zero-order valence-electron chi connectivity index (χ0n) is 27.3. The molecule has 1 unspecified atom stereocenters. The van der Waals surface area contributed by atoms with Crippen molar-refractivity contribution in [2.24, 2.45) is 18.9 Å². The maximum absolute atomic E-state index is 13.8. The van der Waals surface area contributed by atoms with Crippen LogP contribution in [0.4, 0.5) is 19.0 Å². The van der Waals surface area contributed by atoms with Gasteiger partial charge in [-0.25, -0.2) is 9.97 Å². The van der Waals surface area contributed by atoms with E-state index in [1.54, 1.807) is 22.0 Å². The molecule has 1 aliphatic carbocycles. The van der Waals surface area contributed by atoms with Crippen molar-refractivity contribution in [1.29, 1.82) is 5.26 Å². The zero-order chi connectivity index (χ0) is 34.6. The summed E-state index contributed by atoms with van der Waals surface area (Å²) in [6, 6.07) is 15.8. The molecule has 1 aromatic carbocycles. The van der Waals surface area contributed by atoms with Gasteiger partial charge in [-0.05, 0) is 49.1 Å². The molecule has 256 valence electrons. The van der Waals surface area contributed by atoms with Crippen LogP contribution in [0.5, 0.6) is 0 Å². The topological polar surface area (TPSA) is 133 Å². The average molecular weight is 673 g/mol. The molecule has 6 rings (SSSR count). The summed E-state index contributed by atoms with van der Waals surface area (Å²) in [6.07, 6.45) is 5.04. The normalized spacial score (nSPS) is 20.0. The van der Waals surface area contributed by atoms with Crippen molar-refractivity contribution in [3.63, 3.8) is 0 Å². The van der Waals surface area contributed by atoms with Crippen LogP contribution in [0.2, 0.25) is 0 Å². The van der Waals surface area contributed by atoms with Gasteiger partial charge in [-0.2, -0.15) is 23.5 Å². The Kier molecular flexibility index (Phi) is 9.96. The molecule has 0 radical (unpaired) electrons. The lowest BCUT2D eigenvalue weighted by atomic mass is 9.73. The molecule has 4 aromatic rings. The molecule has 1 amide bonds. The third kappa shape index (κ3) is 7.75. The minimum Gasteiger partial charge on any atom is -0.380 e. The zero-order valence-corrected chi connectivity index (χ0v) is 27.3. The molecule has 1 saturated heterocycles. The van der Waals surface area contributed by atoms with Gasteiger partial charge in [-0.1, -0.05) is 36.4 Å². The number of nitrogens with zero attached hydrogens (tertiary/aromatic N) is 7. The fourth-order valence-corrected chi connectivity index (χ4v) is 7.00. The molecule has 3 aromatic heterocycles. The van der Waals surface area contributed by atoms with Crippen LogP contribution in [0.15, 0.2) is 67.3 Å². The van der Waals surface area contributed by atoms with E-state index in [4.69, 9.17) is 4.98 Å². The Morgan fingerprint density at radius 1 is 1.04 bits per heavy atom. The molecular formula is C36H39F3N8O2. The number of benzene rings is 1. The van der Waals surface area contributed by atoms with Gasteiger partial charge in [0.05, 0.1) is 24.0 Å². The van der Waals surface area contributed by atoms with Gasteiger partial charge in [0.1, 0.15) is 23.3 Å². The summed E-state index contributed by atoms with van der Waals surface area (Å²) in [5.41, 5.74) is 1.06. The summed E-state index contributed by atoms with van der Waals surface area (Å²) in [4.78, 5) is 29.2. The van der Waals surface area contributed by atoms with Crippen LogP contribution in [-0.4, -0.2) is 60.6 Å². The number of carbonyl (C=O) groups excluding carboxylic acids is 1. The molecule has 4 heterocycles. The molecule has 0 bridgehead atoms. The highest BCUT2D eigenvalue weighted by atomic mass is 19.4. The second-order valence-corrected chi connectivity index (χ2v) is 13.2. The molecule has 2 N–H and O–H groups in total. The lowest BCUT2D eigenvalue weighted by molar-refractivity contribution is -0.266. The highest BCUT2D eigenvalue weighted by Crippen LogP contribution is 2.41. The van der Waals surface area contributed by atoms with Crippen LogP contribution in [0, 0.1) is 23.2 Å². The van der Waals surface area contributed by atoms with Gasteiger partial charge >= 0.3 is 6.18 Å². The molecule has 13 heteroatoms. The van der Waals surface area contributed by atoms with Crippen LogP contribution in [0.25, 0.3) is 11.1 Å². The van der Waals surface area contributed by atoms with Crippen molar-refractivity contribution in [2.75, 3.05) is 18.0 Å². The number of halogens is 3. The Morgan fingerprint density at radius 2 is 1.78 bits per heavy atom. The van der Waals surface area contributed by atoms with Crippen molar-refractivity contribution < 1.29 is 23.1 Å². The molecule has 2 aliphatic rings. The summed E-state index contributed by atoms with van der Waals surface area (Å²) in [5.74, 6) is 0.651. The van der Waals surface area contributed by atoms with Gasteiger partial charge in [0.25, 0.3) is 0 Å². The number of carbonyl (C=O) groups is 1. The Morgan fingerprint density at radius 3 is 2.39 bits per heavy atom. The standard InChI is InChI=1S/C36H39F3N8O2/c1-46-23-29(22-44-46)27-11-12-30(41-20-27)32(34(48)43-19-25-5-3-2-4-6-25)26-9-7-24(8-10-26)17-31-42-21-28(18-40)33(45-31)47-15-13-35(49,14-16-47)36(37,38)39/h2-6,11-12,20-24,26,32,49H,7-10,13-17,19H2,1H3,(H,43,48). The summed E-state index contributed by atoms with van der Waals surface area (Å²) >= 11 is 0. The number of aliphatic hydroxyl groups is 1. The van der Waals surface area contributed by atoms with Crippen LogP contribution >= 0.6 is 0 Å². The third-order valence-electron chi connectivity index (χ3n) is 9.93. The highest BCUT2D eigenvalue weighted by Gasteiger charge is 2.54. The quantitative estimate of drug-likeness (QED) is 0.239. The third-order valence-corrected chi connectivity index (χ3v) is 9.93. The maximum Gasteiger partial charge on any atom is 0.417 e. The van der Waals surface area contributed by atoms with E-state index in [1.165, 1.54) is 6.20 Å². The number of amides is 1. The monoisotopic (exact) mass is 672 g/mol. The number of anilines is 1. The fraction of sp³-hybridized carbons (Fsp3) is 0.444. The molecular weight excluding hydrogens is 633 g/mol. The van der Waals surface area contributed by atoms with E-state index >= 15 is 0 Å². The van der Waals surface area contributed by atoms with E-state index < -0.39 is 30.5 Å². The first-order valence-corrected chi connectivity index (χ1v) is 16.6. The first-order chi connectivity index (χ1) is 23.5. The van der Waals surface area contributed by atoms with Crippen molar-refractivity contribution in [1.82, 2.24) is 30.0 Å². The summed E-state index contributed by atoms with van der Waals surface area (Å²) in [5, 5.41) is 27.1. The van der Waals surface area contributed by atoms with Crippen LogP contribution in [-0.2, 0) is 24.8 Å². The minimum absolute atomic E-state index is 0.0621. The number of aryl methyl sites for hydroxylation is 1. The molecule has 0 spiro atoms. The average Bonchev–Trinajstić information content (AvgIpc) is 3.55. The molecule has 1 aliphatic heterocycles. The van der Waals surface area contributed by atoms with Gasteiger partial charge in [-0.3, -0.25) is 14.5 Å². The second-order valence-electron chi connectivity index (χ2n) is 13.2. The van der Waals surface area contributed by atoms with E-state index in [1.807, 2.05) is 55.7 Å². The number of aromatic nitrogens is 5. The molecule has 1 atom stereocenters. The number of piperidine rings is 1. The first-order valence-electron chi connectivity index (χ1n) is 16.6. The van der Waals surface area contributed by atoms with Crippen molar-refractivity contribution in [3.8, 4) is 17.2 Å². The SMILES string of the molecule is Cn1cc(-c2ccc(C(C(=O)NCc3ccccc3)C3CCC(Cc4ncc(C#N)c(N5CCC(O)(C(F)(F)F)CC5)n4)CC3)nc2)cn1. The Balaban J connectivity index is 1.13. The lowest BCUT2D eigenvalue weighted by Crippen LogP contribution is -2.53. The molecule has 1 saturated carbocycles. The number of hydrogen-bond donors (Lipinski definition) is 2. The van der Waals surface area contributed by atoms with Gasteiger partial charge < -0.3 is 15.3 Å². The van der Waals surface area contributed by atoms with Gasteiger partial charge in [-0.15, -0.1) is 0 Å². The summed E-state index contributed by atoms with van der Waals surface area (Å²) < 4.78 is 41.8. The molecule has 2 fully saturated rings. The van der Waals surface area contributed by atoms with Gasteiger partial charge in [0.15, 0.2) is 5.60 Å². The Hall–Kier alpha value is -4.83. The number of nitrogens with one attached hydrogen (secondary N) is 1. The van der Waals surface area contributed by atoms with Gasteiger partial charge in [0.2, 0.25) is 5.91 Å². The number of rotatable bonds is 9. The molecule has 10 nitrogen and oxygen atoms in total. The second kappa shape index (κ2) is 14.3. The maximum atomic E-state index is 13.8. The Bertz CT molecular complexity index is 1770. The van der Waals surface area contributed by atoms with E-state index in [0.29, 0.717) is 24.6 Å². The van der Waals surface area contributed by atoms with Crippen molar-refractivity contribution >= 4 is 11.7 Å². The Labute approximate surface area is 283 Å². The van der Waals surface area contributed by atoms with Crippen molar-refractivity contribution in [3.05, 3.63) is 89.9 Å². The first kappa shape index (κ1) is 34.0. The van der Waals surface area contributed by atoms with Crippen LogP contribution in [0.1, 0.15) is 67.1 Å². The minimum atomic E-state index is -4.71. The molecule has 49 heavy (non-hydrogen) atoms. The van der Waals surface area contributed by atoms with E-state index in [2.05, 4.69) is 26.5 Å². The van der Waals surface area contributed by atoms with E-state index in [-0.39, 0.29) is 36.4 Å². The van der Waals surface area contributed by atoms with Crippen LogP contribution < -0.4 is 10.2 Å². The van der Waals surface area contributed by atoms with E-state index in [9.17, 15) is 28.3 Å². The highest BCUT2D eigenvalue weighted by molar-refractivity contribution is 5.83. The number of alkyl halides is 3. The smallest absolute Gasteiger partial charge is 0.380 e. The van der Waals surface area contributed by atoms with E-state index in [0.717, 1.165) is 48.1 Å². The fourth-order valence-electron chi connectivity index (χ4n) is 7.00. The van der Waals surface area contributed by atoms with Crippen LogP contribution in [0.3, 0.4) is 0 Å². The predicted octanol–water partition coefficient (Wildman–Crippen LogP) is 5.49. The lowest BCUT2D eigenvalue weighted by Gasteiger charge is -2.39. The predicted molar refractivity (Wildman–Crippen MR) is 176 cm³/mol. The summed E-state index contributed by atoms with van der Waals surface area (Å²) in [6.45, 7) is 0.276. The number of pyridine rings is 1. The van der Waals surface area contributed by atoms with Gasteiger partial charge in [0, 0.05) is 69.5 Å². The number of nitriles is 1. The largest absolute Gasteiger partial charge is 0.417 e. The van der Waals surface area contributed by atoms with Crippen molar-refractivity contribution in [2.45, 2.75) is 69.2 Å². The number of hydrogen-bond acceptors (Lipinski definition) is 8.